The van der Waals surface area contributed by atoms with Crippen molar-refractivity contribution >= 4 is 29.7 Å². The number of amides is 5. The summed E-state index contributed by atoms with van der Waals surface area (Å²) in [6.45, 7) is 5.09. The molecule has 0 N–H and O–H groups in total. The fraction of sp³-hybridized carbons (Fsp3) is 0.261. The maximum Gasteiger partial charge on any atom is 0.435 e. The predicted octanol–water partition coefficient (Wildman–Crippen LogP) is 2.73. The maximum absolute atomic E-state index is 12.9. The second-order valence-electron chi connectivity index (χ2n) is 8.44. The molecule has 5 amide bonds. The van der Waals surface area contributed by atoms with Gasteiger partial charge in [-0.05, 0) is 45.0 Å². The summed E-state index contributed by atoms with van der Waals surface area (Å²) in [6.07, 6.45) is -0.941. The molecule has 0 spiro atoms. The van der Waals surface area contributed by atoms with Gasteiger partial charge in [-0.1, -0.05) is 29.3 Å². The van der Waals surface area contributed by atoms with E-state index < -0.39 is 35.3 Å². The highest BCUT2D eigenvalue weighted by molar-refractivity contribution is 6.21. The Bertz CT molecular complexity index is 1100. The van der Waals surface area contributed by atoms with Crippen LogP contribution in [0.5, 0.6) is 0 Å². The zero-order chi connectivity index (χ0) is 23.2. The van der Waals surface area contributed by atoms with E-state index >= 15 is 0 Å². The van der Waals surface area contributed by atoms with Gasteiger partial charge in [0.1, 0.15) is 0 Å². The van der Waals surface area contributed by atoms with E-state index in [1.807, 2.05) is 0 Å². The van der Waals surface area contributed by atoms with E-state index in [4.69, 9.17) is 4.84 Å². The highest BCUT2D eigenvalue weighted by Crippen LogP contribution is 2.26. The molecule has 0 fully saturated rings. The third-order valence-corrected chi connectivity index (χ3v) is 5.38. The summed E-state index contributed by atoms with van der Waals surface area (Å²) in [5.41, 5.74) is 0.146. The summed E-state index contributed by atoms with van der Waals surface area (Å²) in [4.78, 5) is 70.7. The van der Waals surface area contributed by atoms with Crippen molar-refractivity contribution in [2.45, 2.75) is 26.3 Å². The molecule has 2 aliphatic rings. The first-order valence-electron chi connectivity index (χ1n) is 10.0. The van der Waals surface area contributed by atoms with Gasteiger partial charge in [-0.15, -0.1) is 0 Å². The monoisotopic (exact) mass is 435 g/mol. The van der Waals surface area contributed by atoms with Crippen molar-refractivity contribution in [3.8, 4) is 0 Å². The number of nitrogens with zero attached hydrogens (tertiary/aromatic N) is 3. The molecule has 0 radical (unpaired) electrons. The van der Waals surface area contributed by atoms with Crippen LogP contribution in [0.15, 0.2) is 48.5 Å². The third-order valence-electron chi connectivity index (χ3n) is 5.38. The smallest absolute Gasteiger partial charge is 0.310 e. The molecule has 0 aliphatic carbocycles. The number of benzene rings is 2. The fourth-order valence-corrected chi connectivity index (χ4v) is 3.72. The van der Waals surface area contributed by atoms with Crippen molar-refractivity contribution in [2.75, 3.05) is 13.1 Å². The van der Waals surface area contributed by atoms with Gasteiger partial charge in [-0.25, -0.2) is 4.79 Å². The Morgan fingerprint density at radius 2 is 1.19 bits per heavy atom. The van der Waals surface area contributed by atoms with Gasteiger partial charge in [0.05, 0.1) is 22.3 Å². The van der Waals surface area contributed by atoms with E-state index in [0.717, 1.165) is 4.90 Å². The number of imide groups is 2. The van der Waals surface area contributed by atoms with Crippen LogP contribution >= 0.6 is 0 Å². The Balaban J connectivity index is 1.49. The summed E-state index contributed by atoms with van der Waals surface area (Å²) in [5, 5.41) is 0.438. The van der Waals surface area contributed by atoms with Crippen LogP contribution in [0, 0.1) is 0 Å². The van der Waals surface area contributed by atoms with Gasteiger partial charge in [-0.3, -0.25) is 29.0 Å². The first-order chi connectivity index (χ1) is 15.1. The van der Waals surface area contributed by atoms with Gasteiger partial charge in [0.15, 0.2) is 0 Å². The van der Waals surface area contributed by atoms with Crippen molar-refractivity contribution in [1.29, 1.82) is 0 Å². The van der Waals surface area contributed by atoms with Crippen LogP contribution in [0.25, 0.3) is 0 Å². The lowest BCUT2D eigenvalue weighted by Crippen LogP contribution is -2.51. The molecule has 0 aromatic heterocycles. The Morgan fingerprint density at radius 3 is 1.59 bits per heavy atom. The average molecular weight is 435 g/mol. The van der Waals surface area contributed by atoms with Crippen molar-refractivity contribution in [3.63, 3.8) is 0 Å². The molecule has 0 saturated heterocycles. The molecular weight excluding hydrogens is 414 g/mol. The van der Waals surface area contributed by atoms with E-state index in [0.29, 0.717) is 16.2 Å². The van der Waals surface area contributed by atoms with E-state index in [1.54, 1.807) is 57.2 Å². The number of hydrogen-bond acceptors (Lipinski definition) is 6. The number of fused-ring (bicyclic) bond motifs is 2. The highest BCUT2D eigenvalue weighted by atomic mass is 16.7. The van der Waals surface area contributed by atoms with Crippen LogP contribution in [0.2, 0.25) is 0 Å². The second kappa shape index (κ2) is 7.60. The minimum Gasteiger partial charge on any atom is -0.310 e. The van der Waals surface area contributed by atoms with Crippen molar-refractivity contribution in [3.05, 3.63) is 70.8 Å². The van der Waals surface area contributed by atoms with Crippen LogP contribution in [-0.4, -0.2) is 63.2 Å². The second-order valence-corrected chi connectivity index (χ2v) is 8.44. The maximum atomic E-state index is 12.9. The SMILES string of the molecule is CC(C)(C)N(CCN1C(=O)c2ccccc2C1=O)C(=O)ON1C(=O)c2ccccc2C1=O. The van der Waals surface area contributed by atoms with Gasteiger partial charge in [-0.2, -0.15) is 0 Å². The van der Waals surface area contributed by atoms with Crippen LogP contribution in [-0.2, 0) is 4.84 Å². The Kier molecular flexibility index (Phi) is 5.04. The normalized spacial score (nSPS) is 15.2. The minimum absolute atomic E-state index is 0.0447. The molecule has 2 aromatic rings. The Hall–Kier alpha value is -4.01. The van der Waals surface area contributed by atoms with E-state index in [1.165, 1.54) is 17.0 Å². The summed E-state index contributed by atoms with van der Waals surface area (Å²) in [7, 11) is 0. The summed E-state index contributed by atoms with van der Waals surface area (Å²) in [6, 6.07) is 12.7. The molecular formula is C23H21N3O6. The lowest BCUT2D eigenvalue weighted by molar-refractivity contribution is -0.0651. The van der Waals surface area contributed by atoms with Crippen molar-refractivity contribution in [1.82, 2.24) is 14.9 Å². The molecule has 0 atom stereocenters. The van der Waals surface area contributed by atoms with Crippen LogP contribution < -0.4 is 0 Å². The highest BCUT2D eigenvalue weighted by Gasteiger charge is 2.41. The molecule has 2 aromatic carbocycles. The van der Waals surface area contributed by atoms with Crippen molar-refractivity contribution in [2.24, 2.45) is 0 Å². The minimum atomic E-state index is -0.941. The fourth-order valence-electron chi connectivity index (χ4n) is 3.72. The topological polar surface area (TPSA) is 104 Å². The van der Waals surface area contributed by atoms with E-state index in [-0.39, 0.29) is 24.2 Å². The molecule has 0 unspecified atom stereocenters. The van der Waals surface area contributed by atoms with Gasteiger partial charge >= 0.3 is 6.09 Å². The third kappa shape index (κ3) is 3.41. The molecule has 9 nitrogen and oxygen atoms in total. The average Bonchev–Trinajstić information content (AvgIpc) is 3.14. The predicted molar refractivity (Wildman–Crippen MR) is 112 cm³/mol. The first kappa shape index (κ1) is 21.2. The van der Waals surface area contributed by atoms with E-state index in [9.17, 15) is 24.0 Å². The largest absolute Gasteiger partial charge is 0.435 e. The van der Waals surface area contributed by atoms with Crippen molar-refractivity contribution < 1.29 is 28.8 Å². The zero-order valence-electron chi connectivity index (χ0n) is 17.8. The molecule has 9 heteroatoms. The standard InChI is InChI=1S/C23H21N3O6/c1-23(2,3)25(13-12-24-18(27)14-8-4-5-9-15(14)19(24)28)22(31)32-26-20(29)16-10-6-7-11-17(16)21(26)30/h4-11H,12-13H2,1-3H3. The lowest BCUT2D eigenvalue weighted by Gasteiger charge is -2.35. The van der Waals surface area contributed by atoms with Crippen LogP contribution in [0.1, 0.15) is 62.2 Å². The van der Waals surface area contributed by atoms with Crippen LogP contribution in [0.3, 0.4) is 0 Å². The molecule has 0 saturated carbocycles. The summed E-state index contributed by atoms with van der Waals surface area (Å²) >= 11 is 0. The molecule has 32 heavy (non-hydrogen) atoms. The van der Waals surface area contributed by atoms with Gasteiger partial charge in [0, 0.05) is 18.6 Å². The summed E-state index contributed by atoms with van der Waals surface area (Å²) < 4.78 is 0. The molecule has 2 aliphatic heterocycles. The Morgan fingerprint density at radius 1 is 0.781 bits per heavy atom. The first-order valence-corrected chi connectivity index (χ1v) is 10.0. The Labute approximate surface area is 184 Å². The molecule has 4 rings (SSSR count). The number of hydroxylamine groups is 2. The molecule has 0 bridgehead atoms. The number of carbonyl (C=O) groups is 5. The van der Waals surface area contributed by atoms with Gasteiger partial charge < -0.3 is 4.84 Å². The number of hydrogen-bond donors (Lipinski definition) is 0. The number of carbonyl (C=O) groups excluding carboxylic acids is 5. The number of rotatable bonds is 4. The summed E-state index contributed by atoms with van der Waals surface area (Å²) in [5.74, 6) is -2.33. The molecule has 2 heterocycles. The zero-order valence-corrected chi connectivity index (χ0v) is 17.8. The lowest BCUT2D eigenvalue weighted by atomic mass is 10.1. The quantitative estimate of drug-likeness (QED) is 0.684. The van der Waals surface area contributed by atoms with Gasteiger partial charge in [0.25, 0.3) is 23.6 Å². The van der Waals surface area contributed by atoms with Crippen LogP contribution in [0.4, 0.5) is 4.79 Å². The van der Waals surface area contributed by atoms with E-state index in [2.05, 4.69) is 0 Å². The van der Waals surface area contributed by atoms with Gasteiger partial charge in [0.2, 0.25) is 0 Å². The molecule has 164 valence electrons.